The Bertz CT molecular complexity index is 307. The first-order valence-corrected chi connectivity index (χ1v) is 8.89. The van der Waals surface area contributed by atoms with Crippen LogP contribution in [0.15, 0.2) is 0 Å². The highest BCUT2D eigenvalue weighted by Crippen LogP contribution is 2.44. The lowest BCUT2D eigenvalue weighted by Gasteiger charge is -2.45. The molecule has 2 rings (SSSR count). The first kappa shape index (κ1) is 16.3. The maximum Gasteiger partial charge on any atom is 0.0359 e. The van der Waals surface area contributed by atoms with Crippen molar-refractivity contribution in [2.24, 2.45) is 23.0 Å². The van der Waals surface area contributed by atoms with Crippen LogP contribution in [0, 0.1) is 17.3 Å². The number of nitrogens with two attached hydrogens (primary N) is 1. The monoisotopic (exact) mass is 280 g/mol. The van der Waals surface area contributed by atoms with E-state index >= 15 is 0 Å². The molecule has 2 N–H and O–H groups in total. The van der Waals surface area contributed by atoms with Gasteiger partial charge in [0.05, 0.1) is 0 Å². The van der Waals surface area contributed by atoms with Crippen molar-refractivity contribution < 1.29 is 0 Å². The van der Waals surface area contributed by atoms with E-state index in [2.05, 4.69) is 32.6 Å². The average Bonchev–Trinajstić information content (AvgIpc) is 2.65. The molecule has 0 aromatic carbocycles. The number of likely N-dealkylation sites (tertiary alicyclic amines) is 1. The van der Waals surface area contributed by atoms with Gasteiger partial charge in [0, 0.05) is 12.1 Å². The molecule has 3 unspecified atom stereocenters. The highest BCUT2D eigenvalue weighted by molar-refractivity contribution is 5.02. The van der Waals surface area contributed by atoms with Crippen LogP contribution in [-0.2, 0) is 0 Å². The van der Waals surface area contributed by atoms with Crippen molar-refractivity contribution in [2.45, 2.75) is 78.2 Å². The first-order chi connectivity index (χ1) is 9.44. The lowest BCUT2D eigenvalue weighted by Crippen LogP contribution is -2.56. The van der Waals surface area contributed by atoms with Crippen LogP contribution in [0.4, 0.5) is 0 Å². The van der Waals surface area contributed by atoms with Gasteiger partial charge in [0.25, 0.3) is 0 Å². The molecular weight excluding hydrogens is 244 g/mol. The second-order valence-corrected chi connectivity index (χ2v) is 8.29. The molecule has 2 nitrogen and oxygen atoms in total. The molecule has 3 atom stereocenters. The van der Waals surface area contributed by atoms with Crippen LogP contribution in [0.1, 0.15) is 72.6 Å². The second kappa shape index (κ2) is 6.36. The number of rotatable bonds is 3. The van der Waals surface area contributed by atoms with Crippen LogP contribution in [0.5, 0.6) is 0 Å². The van der Waals surface area contributed by atoms with Crippen LogP contribution >= 0.6 is 0 Å². The smallest absolute Gasteiger partial charge is 0.0359 e. The average molecular weight is 281 g/mol. The van der Waals surface area contributed by atoms with Gasteiger partial charge in [-0.25, -0.2) is 0 Å². The molecule has 0 spiro atoms. The van der Waals surface area contributed by atoms with Gasteiger partial charge in [-0.05, 0) is 62.4 Å². The SMILES string of the molecule is CCC1CCCC1(CN)N1CCCC(C(C)(C)C)CC1. The largest absolute Gasteiger partial charge is 0.329 e. The third-order valence-electron chi connectivity index (χ3n) is 6.35. The number of hydrogen-bond donors (Lipinski definition) is 1. The molecular formula is C18H36N2. The fourth-order valence-corrected chi connectivity index (χ4v) is 4.93. The van der Waals surface area contributed by atoms with E-state index in [-0.39, 0.29) is 0 Å². The summed E-state index contributed by atoms with van der Waals surface area (Å²) in [6, 6.07) is 0. The van der Waals surface area contributed by atoms with Gasteiger partial charge in [-0.2, -0.15) is 0 Å². The van der Waals surface area contributed by atoms with Gasteiger partial charge >= 0.3 is 0 Å². The molecule has 1 saturated heterocycles. The third kappa shape index (κ3) is 3.06. The van der Waals surface area contributed by atoms with Gasteiger partial charge in [-0.1, -0.05) is 40.5 Å². The third-order valence-corrected chi connectivity index (χ3v) is 6.35. The lowest BCUT2D eigenvalue weighted by molar-refractivity contribution is 0.0557. The molecule has 1 heterocycles. The van der Waals surface area contributed by atoms with Crippen molar-refractivity contribution in [2.75, 3.05) is 19.6 Å². The van der Waals surface area contributed by atoms with Crippen LogP contribution in [0.2, 0.25) is 0 Å². The maximum absolute atomic E-state index is 6.30. The zero-order valence-corrected chi connectivity index (χ0v) is 14.3. The predicted molar refractivity (Wildman–Crippen MR) is 87.8 cm³/mol. The summed E-state index contributed by atoms with van der Waals surface area (Å²) < 4.78 is 0. The van der Waals surface area contributed by atoms with E-state index in [1.54, 1.807) is 0 Å². The molecule has 2 fully saturated rings. The minimum Gasteiger partial charge on any atom is -0.329 e. The molecule has 0 amide bonds. The summed E-state index contributed by atoms with van der Waals surface area (Å²) in [6.07, 6.45) is 9.54. The van der Waals surface area contributed by atoms with Gasteiger partial charge in [0.2, 0.25) is 0 Å². The van der Waals surface area contributed by atoms with Crippen molar-refractivity contribution in [3.8, 4) is 0 Å². The summed E-state index contributed by atoms with van der Waals surface area (Å²) in [4.78, 5) is 2.81. The van der Waals surface area contributed by atoms with E-state index < -0.39 is 0 Å². The highest BCUT2D eigenvalue weighted by atomic mass is 15.2. The molecule has 0 aromatic rings. The van der Waals surface area contributed by atoms with Crippen LogP contribution in [-0.4, -0.2) is 30.1 Å². The molecule has 2 heteroatoms. The quantitative estimate of drug-likeness (QED) is 0.845. The van der Waals surface area contributed by atoms with E-state index in [9.17, 15) is 0 Å². The van der Waals surface area contributed by atoms with Gasteiger partial charge in [-0.3, -0.25) is 4.90 Å². The Labute approximate surface area is 126 Å². The fourth-order valence-electron chi connectivity index (χ4n) is 4.93. The van der Waals surface area contributed by atoms with E-state index in [4.69, 9.17) is 5.73 Å². The van der Waals surface area contributed by atoms with E-state index in [1.807, 2.05) is 0 Å². The summed E-state index contributed by atoms with van der Waals surface area (Å²) in [5.74, 6) is 1.71. The van der Waals surface area contributed by atoms with Gasteiger partial charge in [0.1, 0.15) is 0 Å². The van der Waals surface area contributed by atoms with Crippen molar-refractivity contribution in [1.29, 1.82) is 0 Å². The lowest BCUT2D eigenvalue weighted by atomic mass is 9.76. The summed E-state index contributed by atoms with van der Waals surface area (Å²) in [7, 11) is 0. The van der Waals surface area contributed by atoms with Gasteiger partial charge in [-0.15, -0.1) is 0 Å². The fraction of sp³-hybridized carbons (Fsp3) is 1.00. The summed E-state index contributed by atoms with van der Waals surface area (Å²) in [5, 5.41) is 0. The standard InChI is InChI=1S/C18H36N2/c1-5-15-8-6-11-18(15,14-19)20-12-7-9-16(10-13-20)17(2,3)4/h15-16H,5-14,19H2,1-4H3. The van der Waals surface area contributed by atoms with Gasteiger partial charge < -0.3 is 5.73 Å². The molecule has 2 aliphatic rings. The highest BCUT2D eigenvalue weighted by Gasteiger charge is 2.45. The van der Waals surface area contributed by atoms with Crippen LogP contribution in [0.25, 0.3) is 0 Å². The Morgan fingerprint density at radius 3 is 2.45 bits per heavy atom. The minimum atomic E-state index is 0.335. The molecule has 0 bridgehead atoms. The van der Waals surface area contributed by atoms with Gasteiger partial charge in [0.15, 0.2) is 0 Å². The molecule has 0 radical (unpaired) electrons. The summed E-state index contributed by atoms with van der Waals surface area (Å²) in [5.41, 5.74) is 7.09. The zero-order valence-electron chi connectivity index (χ0n) is 14.3. The predicted octanol–water partition coefficient (Wildman–Crippen LogP) is 4.04. The maximum atomic E-state index is 6.30. The van der Waals surface area contributed by atoms with E-state index in [0.29, 0.717) is 11.0 Å². The first-order valence-electron chi connectivity index (χ1n) is 8.89. The molecule has 118 valence electrons. The molecule has 0 aromatic heterocycles. The van der Waals surface area contributed by atoms with Crippen LogP contribution in [0.3, 0.4) is 0 Å². The Kier molecular flexibility index (Phi) is 5.18. The molecule has 1 aliphatic heterocycles. The molecule has 1 aliphatic carbocycles. The van der Waals surface area contributed by atoms with Crippen molar-refractivity contribution >= 4 is 0 Å². The normalized spacial score (nSPS) is 37.0. The second-order valence-electron chi connectivity index (χ2n) is 8.29. The zero-order chi connectivity index (χ0) is 14.8. The minimum absolute atomic E-state index is 0.335. The van der Waals surface area contributed by atoms with Crippen molar-refractivity contribution in [1.82, 2.24) is 4.90 Å². The molecule has 1 saturated carbocycles. The van der Waals surface area contributed by atoms with E-state index in [0.717, 1.165) is 18.4 Å². The summed E-state index contributed by atoms with van der Waals surface area (Å²) >= 11 is 0. The van der Waals surface area contributed by atoms with E-state index in [1.165, 1.54) is 58.0 Å². The van der Waals surface area contributed by atoms with Crippen LogP contribution < -0.4 is 5.73 Å². The number of nitrogens with zero attached hydrogens (tertiary/aromatic N) is 1. The Morgan fingerprint density at radius 2 is 1.85 bits per heavy atom. The topological polar surface area (TPSA) is 29.3 Å². The Hall–Kier alpha value is -0.0800. The Balaban J connectivity index is 2.09. The van der Waals surface area contributed by atoms with Crippen molar-refractivity contribution in [3.63, 3.8) is 0 Å². The summed E-state index contributed by atoms with van der Waals surface area (Å²) in [6.45, 7) is 13.0. The number of hydrogen-bond acceptors (Lipinski definition) is 2. The molecule has 20 heavy (non-hydrogen) atoms. The van der Waals surface area contributed by atoms with Crippen molar-refractivity contribution in [3.05, 3.63) is 0 Å². The Morgan fingerprint density at radius 1 is 1.10 bits per heavy atom.